The van der Waals surface area contributed by atoms with Crippen molar-refractivity contribution in [1.82, 2.24) is 0 Å². The maximum absolute atomic E-state index is 5.83. The van der Waals surface area contributed by atoms with Gasteiger partial charge in [0, 0.05) is 24.3 Å². The van der Waals surface area contributed by atoms with E-state index in [1.54, 1.807) is 7.11 Å². The maximum Gasteiger partial charge on any atom is 0.0544 e. The number of hydrogen-bond acceptors (Lipinski definition) is 1. The highest BCUT2D eigenvalue weighted by Gasteiger charge is 2.32. The van der Waals surface area contributed by atoms with Crippen molar-refractivity contribution in [2.45, 2.75) is 13.8 Å². The number of ether oxygens (including phenoxy) is 1. The van der Waals surface area contributed by atoms with Gasteiger partial charge in [-0.3, -0.25) is 0 Å². The molecule has 3 heteroatoms. The summed E-state index contributed by atoms with van der Waals surface area (Å²) in [5.41, 5.74) is -0.0577. The Morgan fingerprint density at radius 2 is 1.73 bits per heavy atom. The van der Waals surface area contributed by atoms with Gasteiger partial charge >= 0.3 is 0 Å². The molecule has 0 unspecified atom stereocenters. The van der Waals surface area contributed by atoms with Crippen molar-refractivity contribution in [2.75, 3.05) is 25.5 Å². The molecule has 0 radical (unpaired) electrons. The average Bonchev–Trinajstić information content (AvgIpc) is 2.00. The number of alkyl halides is 2. The van der Waals surface area contributed by atoms with Gasteiger partial charge in [0.2, 0.25) is 0 Å². The summed E-state index contributed by atoms with van der Waals surface area (Å²) in [6.07, 6.45) is 0. The number of halogens is 2. The molecule has 0 atom stereocenters. The topological polar surface area (TPSA) is 9.23 Å². The van der Waals surface area contributed by atoms with Gasteiger partial charge in [-0.2, -0.15) is 0 Å². The Hall–Kier alpha value is 0.540. The van der Waals surface area contributed by atoms with E-state index in [1.807, 2.05) is 0 Å². The van der Waals surface area contributed by atoms with Crippen LogP contribution in [0.3, 0.4) is 0 Å². The second-order valence-corrected chi connectivity index (χ2v) is 3.75. The SMILES string of the molecule is COCC(CCl)(CCl)C(C)C. The molecule has 0 saturated carbocycles. The largest absolute Gasteiger partial charge is 0.384 e. The van der Waals surface area contributed by atoms with Crippen LogP contribution in [-0.4, -0.2) is 25.5 Å². The smallest absolute Gasteiger partial charge is 0.0544 e. The molecule has 0 aliphatic carbocycles. The number of hydrogen-bond donors (Lipinski definition) is 0. The van der Waals surface area contributed by atoms with E-state index >= 15 is 0 Å². The quantitative estimate of drug-likeness (QED) is 0.618. The van der Waals surface area contributed by atoms with Gasteiger partial charge in [-0.1, -0.05) is 13.8 Å². The fraction of sp³-hybridized carbons (Fsp3) is 1.00. The first-order valence-corrected chi connectivity index (χ1v) is 4.80. The van der Waals surface area contributed by atoms with Crippen molar-refractivity contribution in [3.63, 3.8) is 0 Å². The Morgan fingerprint density at radius 1 is 1.27 bits per heavy atom. The molecule has 68 valence electrons. The average molecular weight is 199 g/mol. The van der Waals surface area contributed by atoms with Crippen molar-refractivity contribution < 1.29 is 4.74 Å². The second kappa shape index (κ2) is 5.23. The van der Waals surface area contributed by atoms with E-state index in [1.165, 1.54) is 0 Å². The fourth-order valence-electron chi connectivity index (χ4n) is 0.876. The van der Waals surface area contributed by atoms with E-state index in [9.17, 15) is 0 Å². The van der Waals surface area contributed by atoms with Gasteiger partial charge in [0.25, 0.3) is 0 Å². The lowest BCUT2D eigenvalue weighted by molar-refractivity contribution is 0.0768. The fourth-order valence-corrected chi connectivity index (χ4v) is 1.93. The molecule has 0 saturated heterocycles. The molecule has 0 aliphatic rings. The van der Waals surface area contributed by atoms with Gasteiger partial charge < -0.3 is 4.74 Å². The molecule has 0 amide bonds. The van der Waals surface area contributed by atoms with E-state index in [-0.39, 0.29) is 5.41 Å². The lowest BCUT2D eigenvalue weighted by Crippen LogP contribution is -2.36. The molecule has 1 nitrogen and oxygen atoms in total. The molecule has 0 aromatic rings. The molecule has 0 N–H and O–H groups in total. The van der Waals surface area contributed by atoms with Gasteiger partial charge in [-0.05, 0) is 5.92 Å². The highest BCUT2D eigenvalue weighted by atomic mass is 35.5. The first kappa shape index (κ1) is 11.5. The minimum atomic E-state index is -0.0577. The van der Waals surface area contributed by atoms with Gasteiger partial charge in [0.1, 0.15) is 0 Å². The standard InChI is InChI=1S/C8H16Cl2O/c1-7(2)8(4-9,5-10)6-11-3/h7H,4-6H2,1-3H3. The molecule has 0 aromatic heterocycles. The van der Waals surface area contributed by atoms with Crippen LogP contribution in [0.4, 0.5) is 0 Å². The van der Waals surface area contributed by atoms with E-state index < -0.39 is 0 Å². The Morgan fingerprint density at radius 3 is 1.82 bits per heavy atom. The third-order valence-corrected chi connectivity index (χ3v) is 3.25. The summed E-state index contributed by atoms with van der Waals surface area (Å²) in [6, 6.07) is 0. The predicted molar refractivity (Wildman–Crippen MR) is 50.6 cm³/mol. The maximum atomic E-state index is 5.83. The van der Waals surface area contributed by atoms with Crippen LogP contribution in [-0.2, 0) is 4.74 Å². The Kier molecular flexibility index (Phi) is 5.49. The van der Waals surface area contributed by atoms with Crippen LogP contribution in [0, 0.1) is 11.3 Å². The molecule has 11 heavy (non-hydrogen) atoms. The van der Waals surface area contributed by atoms with Crippen molar-refractivity contribution in [3.05, 3.63) is 0 Å². The first-order chi connectivity index (χ1) is 5.13. The summed E-state index contributed by atoms with van der Waals surface area (Å²) in [4.78, 5) is 0. The van der Waals surface area contributed by atoms with Crippen LogP contribution in [0.5, 0.6) is 0 Å². The van der Waals surface area contributed by atoms with Crippen molar-refractivity contribution >= 4 is 23.2 Å². The van der Waals surface area contributed by atoms with Crippen LogP contribution in [0.15, 0.2) is 0 Å². The molecule has 0 heterocycles. The summed E-state index contributed by atoms with van der Waals surface area (Å²) in [5, 5.41) is 0. The summed E-state index contributed by atoms with van der Waals surface area (Å²) in [6.45, 7) is 4.87. The highest BCUT2D eigenvalue weighted by Crippen LogP contribution is 2.30. The molecular weight excluding hydrogens is 183 g/mol. The zero-order valence-corrected chi connectivity index (χ0v) is 8.87. The van der Waals surface area contributed by atoms with E-state index in [4.69, 9.17) is 27.9 Å². The van der Waals surface area contributed by atoms with Crippen molar-refractivity contribution in [1.29, 1.82) is 0 Å². The molecule has 0 aliphatic heterocycles. The number of rotatable bonds is 5. The van der Waals surface area contributed by atoms with Gasteiger partial charge in [0.05, 0.1) is 6.61 Å². The predicted octanol–water partition coefficient (Wildman–Crippen LogP) is 2.75. The Bertz CT molecular complexity index is 100. The van der Waals surface area contributed by atoms with Crippen LogP contribution >= 0.6 is 23.2 Å². The minimum absolute atomic E-state index is 0.0577. The molecule has 0 rings (SSSR count). The summed E-state index contributed by atoms with van der Waals surface area (Å²) >= 11 is 11.7. The van der Waals surface area contributed by atoms with Crippen LogP contribution in [0.2, 0.25) is 0 Å². The van der Waals surface area contributed by atoms with E-state index in [0.29, 0.717) is 24.3 Å². The zero-order valence-electron chi connectivity index (χ0n) is 7.36. The van der Waals surface area contributed by atoms with Gasteiger partial charge in [0.15, 0.2) is 0 Å². The molecule has 0 bridgehead atoms. The van der Waals surface area contributed by atoms with Crippen molar-refractivity contribution in [2.24, 2.45) is 11.3 Å². The third-order valence-electron chi connectivity index (χ3n) is 2.19. The molecule has 0 fully saturated rings. The van der Waals surface area contributed by atoms with Crippen LogP contribution in [0.25, 0.3) is 0 Å². The second-order valence-electron chi connectivity index (χ2n) is 3.22. The molecule has 0 aromatic carbocycles. The summed E-state index contributed by atoms with van der Waals surface area (Å²) in [5.74, 6) is 1.57. The Labute approximate surface area is 79.0 Å². The summed E-state index contributed by atoms with van der Waals surface area (Å²) in [7, 11) is 1.68. The van der Waals surface area contributed by atoms with Crippen LogP contribution in [0.1, 0.15) is 13.8 Å². The molecular formula is C8H16Cl2O. The van der Waals surface area contributed by atoms with Gasteiger partial charge in [-0.25, -0.2) is 0 Å². The zero-order chi connectivity index (χ0) is 8.91. The van der Waals surface area contributed by atoms with Crippen molar-refractivity contribution in [3.8, 4) is 0 Å². The number of methoxy groups -OCH3 is 1. The lowest BCUT2D eigenvalue weighted by atomic mass is 9.81. The minimum Gasteiger partial charge on any atom is -0.384 e. The molecule has 0 spiro atoms. The monoisotopic (exact) mass is 198 g/mol. The third kappa shape index (κ3) is 2.81. The normalized spacial score (nSPS) is 12.5. The van der Waals surface area contributed by atoms with Crippen LogP contribution < -0.4 is 0 Å². The Balaban J connectivity index is 4.20. The van der Waals surface area contributed by atoms with Gasteiger partial charge in [-0.15, -0.1) is 23.2 Å². The summed E-state index contributed by atoms with van der Waals surface area (Å²) < 4.78 is 5.08. The van der Waals surface area contributed by atoms with E-state index in [2.05, 4.69) is 13.8 Å². The lowest BCUT2D eigenvalue weighted by Gasteiger charge is -2.32. The first-order valence-electron chi connectivity index (χ1n) is 3.74. The van der Waals surface area contributed by atoms with E-state index in [0.717, 1.165) is 0 Å². The highest BCUT2D eigenvalue weighted by molar-refractivity contribution is 6.21.